The fourth-order valence-corrected chi connectivity index (χ4v) is 5.64. The Labute approximate surface area is 207 Å². The molecule has 2 aromatic carbocycles. The molecule has 0 radical (unpaired) electrons. The molecule has 1 amide bonds. The maximum Gasteiger partial charge on any atom is 0.335 e. The number of carboxylic acids is 1. The minimum Gasteiger partial charge on any atom is -0.478 e. The lowest BCUT2D eigenvalue weighted by molar-refractivity contribution is -0.0452. The number of fused-ring (bicyclic) bond motifs is 1. The first-order valence-electron chi connectivity index (χ1n) is 12.0. The molecular formula is C27H27ClF2N2O3. The topological polar surface area (TPSA) is 71.3 Å². The number of nitrogens with one attached hydrogen (secondary N) is 1. The number of halogens is 3. The first-order chi connectivity index (χ1) is 16.7. The standard InChI is InChI=1S/C27H27ClF2N2O3/c28-21-6-3-7-22-23(21)19(24(33)31-14-17-8-10-27(29,30)11-9-17)15-32(22)16-26(12-13-26)20-5-2-1-4-18(20)25(34)35/h1-7,15,17H,8-14,16H2,(H,31,33)(H,34,35). The molecule has 0 saturated heterocycles. The van der Waals surface area contributed by atoms with E-state index in [0.717, 1.165) is 23.9 Å². The molecule has 3 aromatic rings. The minimum atomic E-state index is -2.60. The van der Waals surface area contributed by atoms with Gasteiger partial charge in [0.15, 0.2) is 0 Å². The van der Waals surface area contributed by atoms with Crippen molar-refractivity contribution in [2.45, 2.75) is 56.4 Å². The highest BCUT2D eigenvalue weighted by atomic mass is 35.5. The molecule has 5 rings (SSSR count). The Hall–Kier alpha value is -2.93. The predicted octanol–water partition coefficient (Wildman–Crippen LogP) is 6.28. The van der Waals surface area contributed by atoms with Crippen LogP contribution in [0.2, 0.25) is 5.02 Å². The van der Waals surface area contributed by atoms with Crippen molar-refractivity contribution in [2.75, 3.05) is 6.54 Å². The van der Waals surface area contributed by atoms with Gasteiger partial charge in [-0.2, -0.15) is 0 Å². The summed E-state index contributed by atoms with van der Waals surface area (Å²) in [4.78, 5) is 25.0. The summed E-state index contributed by atoms with van der Waals surface area (Å²) >= 11 is 6.52. The van der Waals surface area contributed by atoms with Gasteiger partial charge >= 0.3 is 5.97 Å². The van der Waals surface area contributed by atoms with Crippen LogP contribution < -0.4 is 5.32 Å². The lowest BCUT2D eigenvalue weighted by Gasteiger charge is -2.28. The quantitative estimate of drug-likeness (QED) is 0.401. The highest BCUT2D eigenvalue weighted by Gasteiger charge is 2.47. The number of carboxylic acid groups (broad SMARTS) is 1. The summed E-state index contributed by atoms with van der Waals surface area (Å²) in [5.41, 5.74) is 2.03. The van der Waals surface area contributed by atoms with Crippen LogP contribution in [0.25, 0.3) is 10.9 Å². The zero-order valence-corrected chi connectivity index (χ0v) is 20.0. The third kappa shape index (κ3) is 4.66. The second-order valence-corrected chi connectivity index (χ2v) is 10.4. The Kier molecular flexibility index (Phi) is 6.08. The number of carbonyl (C=O) groups excluding carboxylic acids is 1. The molecule has 0 aliphatic heterocycles. The van der Waals surface area contributed by atoms with Crippen LogP contribution in [0, 0.1) is 5.92 Å². The van der Waals surface area contributed by atoms with Crippen molar-refractivity contribution in [3.8, 4) is 0 Å². The fourth-order valence-electron chi connectivity index (χ4n) is 5.37. The van der Waals surface area contributed by atoms with Crippen molar-refractivity contribution in [1.29, 1.82) is 0 Å². The largest absolute Gasteiger partial charge is 0.478 e. The van der Waals surface area contributed by atoms with Gasteiger partial charge in [0.25, 0.3) is 5.91 Å². The van der Waals surface area contributed by atoms with Gasteiger partial charge in [-0.25, -0.2) is 13.6 Å². The Balaban J connectivity index is 1.41. The van der Waals surface area contributed by atoms with Gasteiger partial charge in [0.05, 0.1) is 21.7 Å². The van der Waals surface area contributed by atoms with Gasteiger partial charge in [0, 0.05) is 42.9 Å². The minimum absolute atomic E-state index is 0.0321. The second kappa shape index (κ2) is 8.94. The van der Waals surface area contributed by atoms with Crippen LogP contribution in [-0.4, -0.2) is 34.0 Å². The molecule has 5 nitrogen and oxygen atoms in total. The lowest BCUT2D eigenvalue weighted by atomic mass is 9.87. The highest BCUT2D eigenvalue weighted by molar-refractivity contribution is 6.36. The van der Waals surface area contributed by atoms with Gasteiger partial charge in [0.2, 0.25) is 5.92 Å². The van der Waals surface area contributed by atoms with Gasteiger partial charge in [0.1, 0.15) is 0 Å². The van der Waals surface area contributed by atoms with E-state index in [1.807, 2.05) is 28.8 Å². The van der Waals surface area contributed by atoms with Crippen LogP contribution in [0.4, 0.5) is 8.78 Å². The number of benzene rings is 2. The Morgan fingerprint density at radius 1 is 1.03 bits per heavy atom. The summed E-state index contributed by atoms with van der Waals surface area (Å²) in [7, 11) is 0. The predicted molar refractivity (Wildman–Crippen MR) is 130 cm³/mol. The van der Waals surface area contributed by atoms with Crippen LogP contribution in [0.5, 0.6) is 0 Å². The number of nitrogens with zero attached hydrogens (tertiary/aromatic N) is 1. The SMILES string of the molecule is O=C(O)c1ccccc1C1(Cn2cc(C(=O)NCC3CCC(F)(F)CC3)c3c(Cl)cccc32)CC1. The third-order valence-corrected chi connectivity index (χ3v) is 7.86. The lowest BCUT2D eigenvalue weighted by Crippen LogP contribution is -2.33. The average molecular weight is 501 g/mol. The molecule has 0 bridgehead atoms. The molecule has 2 saturated carbocycles. The molecule has 184 valence electrons. The Morgan fingerprint density at radius 2 is 1.74 bits per heavy atom. The van der Waals surface area contributed by atoms with Crippen LogP contribution in [-0.2, 0) is 12.0 Å². The van der Waals surface area contributed by atoms with Crippen molar-refractivity contribution in [2.24, 2.45) is 5.92 Å². The maximum atomic E-state index is 13.5. The number of alkyl halides is 2. The van der Waals surface area contributed by atoms with E-state index in [1.165, 1.54) is 0 Å². The van der Waals surface area contributed by atoms with E-state index in [1.54, 1.807) is 24.4 Å². The number of aromatic nitrogens is 1. The summed E-state index contributed by atoms with van der Waals surface area (Å²) < 4.78 is 28.9. The normalized spacial score (nSPS) is 18.9. The highest BCUT2D eigenvalue weighted by Crippen LogP contribution is 2.51. The Bertz CT molecular complexity index is 1290. The molecule has 2 fully saturated rings. The van der Waals surface area contributed by atoms with Gasteiger partial charge in [-0.3, -0.25) is 4.79 Å². The van der Waals surface area contributed by atoms with E-state index in [-0.39, 0.29) is 30.1 Å². The summed E-state index contributed by atoms with van der Waals surface area (Å²) in [6, 6.07) is 12.5. The van der Waals surface area contributed by atoms with Crippen molar-refractivity contribution < 1.29 is 23.5 Å². The molecule has 8 heteroatoms. The zero-order chi connectivity index (χ0) is 24.8. The van der Waals surface area contributed by atoms with Crippen LogP contribution in [0.3, 0.4) is 0 Å². The number of rotatable bonds is 7. The third-order valence-electron chi connectivity index (χ3n) is 7.54. The van der Waals surface area contributed by atoms with Crippen molar-refractivity contribution in [1.82, 2.24) is 9.88 Å². The molecular weight excluding hydrogens is 474 g/mol. The molecule has 1 heterocycles. The van der Waals surface area contributed by atoms with Crippen molar-refractivity contribution in [3.05, 3.63) is 70.4 Å². The molecule has 35 heavy (non-hydrogen) atoms. The average Bonchev–Trinajstić information content (AvgIpc) is 3.52. The van der Waals surface area contributed by atoms with Crippen molar-refractivity contribution in [3.63, 3.8) is 0 Å². The number of amides is 1. The van der Waals surface area contributed by atoms with Gasteiger partial charge in [-0.1, -0.05) is 35.9 Å². The summed E-state index contributed by atoms with van der Waals surface area (Å²) in [5, 5.41) is 13.7. The van der Waals surface area contributed by atoms with Crippen LogP contribution in [0.15, 0.2) is 48.7 Å². The van der Waals surface area contributed by atoms with E-state index in [9.17, 15) is 23.5 Å². The smallest absolute Gasteiger partial charge is 0.335 e. The monoisotopic (exact) mass is 500 g/mol. The molecule has 0 spiro atoms. The van der Waals surface area contributed by atoms with Gasteiger partial charge in [-0.15, -0.1) is 0 Å². The summed E-state index contributed by atoms with van der Waals surface area (Å²) in [6.45, 7) is 0.876. The van der Waals surface area contributed by atoms with Gasteiger partial charge in [-0.05, 0) is 55.4 Å². The van der Waals surface area contributed by atoms with E-state index in [2.05, 4.69) is 5.32 Å². The molecule has 1 aromatic heterocycles. The van der Waals surface area contributed by atoms with Crippen LogP contribution in [0.1, 0.15) is 64.8 Å². The molecule has 2 aliphatic carbocycles. The van der Waals surface area contributed by atoms with E-state index < -0.39 is 11.9 Å². The number of aromatic carboxylic acids is 1. The van der Waals surface area contributed by atoms with Gasteiger partial charge < -0.3 is 15.0 Å². The van der Waals surface area contributed by atoms with Crippen LogP contribution >= 0.6 is 11.6 Å². The molecule has 2 aliphatic rings. The maximum absolute atomic E-state index is 13.5. The fraction of sp³-hybridized carbons (Fsp3) is 0.407. The summed E-state index contributed by atoms with van der Waals surface area (Å²) in [5.74, 6) is -3.80. The van der Waals surface area contributed by atoms with E-state index in [4.69, 9.17) is 11.6 Å². The summed E-state index contributed by atoms with van der Waals surface area (Å²) in [6.07, 6.45) is 3.99. The number of hydrogen-bond acceptors (Lipinski definition) is 2. The van der Waals surface area contributed by atoms with E-state index >= 15 is 0 Å². The number of hydrogen-bond donors (Lipinski definition) is 2. The molecule has 0 atom stereocenters. The molecule has 2 N–H and O–H groups in total. The molecule has 0 unspecified atom stereocenters. The Morgan fingerprint density at radius 3 is 2.43 bits per heavy atom. The number of carbonyl (C=O) groups is 2. The van der Waals surface area contributed by atoms with E-state index in [0.29, 0.717) is 47.5 Å². The van der Waals surface area contributed by atoms with Crippen molar-refractivity contribution >= 4 is 34.4 Å². The zero-order valence-electron chi connectivity index (χ0n) is 19.2. The second-order valence-electron chi connectivity index (χ2n) is 9.95. The first-order valence-corrected chi connectivity index (χ1v) is 12.3. The first kappa shape index (κ1) is 23.8.